The molecule has 2 amide bonds. The molecule has 0 spiro atoms. The van der Waals surface area contributed by atoms with Gasteiger partial charge in [-0.15, -0.1) is 0 Å². The minimum atomic E-state index is 0.0159. The molecule has 132 valence electrons. The lowest BCUT2D eigenvalue weighted by Gasteiger charge is -2.34. The number of carbonyl (C=O) groups is 2. The second kappa shape index (κ2) is 8.83. The number of aryl methyl sites for hydroxylation is 1. The second-order valence-corrected chi connectivity index (χ2v) is 6.67. The molecule has 0 aromatic heterocycles. The minimum absolute atomic E-state index is 0.0159. The topological polar surface area (TPSA) is 66.6 Å². The van der Waals surface area contributed by atoms with Gasteiger partial charge < -0.3 is 15.5 Å². The summed E-state index contributed by atoms with van der Waals surface area (Å²) >= 11 is 0. The van der Waals surface area contributed by atoms with Crippen LogP contribution in [0.15, 0.2) is 30.3 Å². The number of amides is 2. The maximum Gasteiger partial charge on any atom is 0.225 e. The van der Waals surface area contributed by atoms with E-state index < -0.39 is 0 Å². The van der Waals surface area contributed by atoms with E-state index in [2.05, 4.69) is 0 Å². The lowest BCUT2D eigenvalue weighted by Crippen LogP contribution is -2.47. The van der Waals surface area contributed by atoms with Crippen LogP contribution in [0.4, 0.5) is 0 Å². The van der Waals surface area contributed by atoms with Gasteiger partial charge in [0.1, 0.15) is 0 Å². The molecule has 0 radical (unpaired) electrons. The number of likely N-dealkylation sites (N-methyl/N-ethyl adjacent to an activating group) is 1. The van der Waals surface area contributed by atoms with Crippen molar-refractivity contribution in [2.24, 2.45) is 11.7 Å². The van der Waals surface area contributed by atoms with Gasteiger partial charge in [0.05, 0.1) is 0 Å². The third kappa shape index (κ3) is 4.81. The van der Waals surface area contributed by atoms with E-state index in [-0.39, 0.29) is 23.8 Å². The number of benzene rings is 1. The summed E-state index contributed by atoms with van der Waals surface area (Å²) in [7, 11) is 1.82. The maximum absolute atomic E-state index is 12.5. The van der Waals surface area contributed by atoms with Gasteiger partial charge in [0.2, 0.25) is 11.8 Å². The highest BCUT2D eigenvalue weighted by Gasteiger charge is 2.30. The zero-order valence-corrected chi connectivity index (χ0v) is 14.8. The van der Waals surface area contributed by atoms with Gasteiger partial charge in [0, 0.05) is 45.1 Å². The van der Waals surface area contributed by atoms with Crippen molar-refractivity contribution in [3.05, 3.63) is 35.9 Å². The average Bonchev–Trinajstić information content (AvgIpc) is 2.65. The van der Waals surface area contributed by atoms with Crippen molar-refractivity contribution in [1.82, 2.24) is 9.80 Å². The summed E-state index contributed by atoms with van der Waals surface area (Å²) in [5.41, 5.74) is 6.82. The molecule has 1 heterocycles. The molecule has 0 bridgehead atoms. The van der Waals surface area contributed by atoms with Crippen LogP contribution in [-0.4, -0.2) is 54.3 Å². The van der Waals surface area contributed by atoms with Crippen molar-refractivity contribution in [1.29, 1.82) is 0 Å². The fourth-order valence-corrected chi connectivity index (χ4v) is 3.09. The number of carbonyl (C=O) groups excluding carboxylic acids is 2. The number of nitrogens with two attached hydrogens (primary N) is 1. The molecule has 0 aliphatic carbocycles. The van der Waals surface area contributed by atoms with E-state index >= 15 is 0 Å². The van der Waals surface area contributed by atoms with Crippen molar-refractivity contribution < 1.29 is 9.59 Å². The summed E-state index contributed by atoms with van der Waals surface area (Å²) in [6, 6.07) is 10.1. The molecule has 1 fully saturated rings. The second-order valence-electron chi connectivity index (χ2n) is 6.67. The van der Waals surface area contributed by atoms with Crippen LogP contribution in [0, 0.1) is 5.92 Å². The minimum Gasteiger partial charge on any atom is -0.343 e. The lowest BCUT2D eigenvalue weighted by atomic mass is 9.94. The van der Waals surface area contributed by atoms with E-state index in [4.69, 9.17) is 5.73 Å². The number of hydrogen-bond acceptors (Lipinski definition) is 3. The van der Waals surface area contributed by atoms with Gasteiger partial charge in [0.25, 0.3) is 0 Å². The monoisotopic (exact) mass is 331 g/mol. The summed E-state index contributed by atoms with van der Waals surface area (Å²) < 4.78 is 0. The Kier molecular flexibility index (Phi) is 6.79. The molecule has 1 aromatic carbocycles. The summed E-state index contributed by atoms with van der Waals surface area (Å²) in [5.74, 6) is 0.361. The molecule has 0 saturated carbocycles. The number of hydrogen-bond donors (Lipinski definition) is 1. The summed E-state index contributed by atoms with van der Waals surface area (Å²) in [5, 5.41) is 0. The summed E-state index contributed by atoms with van der Waals surface area (Å²) in [6.45, 7) is 3.78. The molecule has 2 rings (SSSR count). The van der Waals surface area contributed by atoms with Gasteiger partial charge in [-0.2, -0.15) is 0 Å². The molecule has 1 aromatic rings. The zero-order chi connectivity index (χ0) is 17.5. The molecule has 1 aliphatic heterocycles. The van der Waals surface area contributed by atoms with Gasteiger partial charge in [0.15, 0.2) is 0 Å². The number of rotatable bonds is 6. The van der Waals surface area contributed by atoms with Crippen molar-refractivity contribution >= 4 is 11.8 Å². The van der Waals surface area contributed by atoms with Gasteiger partial charge in [-0.05, 0) is 31.7 Å². The fourth-order valence-electron chi connectivity index (χ4n) is 3.09. The predicted molar refractivity (Wildman–Crippen MR) is 95.4 cm³/mol. The van der Waals surface area contributed by atoms with Gasteiger partial charge in [-0.25, -0.2) is 0 Å². The molecule has 5 heteroatoms. The van der Waals surface area contributed by atoms with E-state index in [1.54, 1.807) is 4.90 Å². The van der Waals surface area contributed by atoms with E-state index in [1.165, 1.54) is 5.56 Å². The highest BCUT2D eigenvalue weighted by molar-refractivity contribution is 5.80. The molecule has 1 saturated heterocycles. The Hall–Kier alpha value is -1.88. The Morgan fingerprint density at radius 1 is 1.25 bits per heavy atom. The Morgan fingerprint density at radius 3 is 2.46 bits per heavy atom. The molecular formula is C19H29N3O2. The summed E-state index contributed by atoms with van der Waals surface area (Å²) in [4.78, 5) is 28.5. The number of piperidine rings is 1. The van der Waals surface area contributed by atoms with Gasteiger partial charge in [-0.3, -0.25) is 9.59 Å². The first-order valence-corrected chi connectivity index (χ1v) is 8.81. The number of likely N-dealkylation sites (tertiary alicyclic amines) is 1. The molecule has 24 heavy (non-hydrogen) atoms. The van der Waals surface area contributed by atoms with E-state index in [9.17, 15) is 9.59 Å². The molecule has 1 atom stereocenters. The Morgan fingerprint density at radius 2 is 1.88 bits per heavy atom. The van der Waals surface area contributed by atoms with Crippen LogP contribution in [-0.2, 0) is 16.0 Å². The smallest absolute Gasteiger partial charge is 0.225 e. The predicted octanol–water partition coefficient (Wildman–Crippen LogP) is 1.66. The molecule has 1 unspecified atom stereocenters. The normalized spacial score (nSPS) is 16.7. The Labute approximate surface area is 144 Å². The van der Waals surface area contributed by atoms with Crippen molar-refractivity contribution in [2.75, 3.05) is 26.7 Å². The first-order valence-electron chi connectivity index (χ1n) is 8.81. The zero-order valence-electron chi connectivity index (χ0n) is 14.8. The van der Waals surface area contributed by atoms with E-state index in [1.807, 2.05) is 49.2 Å². The van der Waals surface area contributed by atoms with Gasteiger partial charge >= 0.3 is 0 Å². The third-order valence-electron chi connectivity index (χ3n) is 5.02. The first-order chi connectivity index (χ1) is 11.5. The van der Waals surface area contributed by atoms with Crippen LogP contribution >= 0.6 is 0 Å². The largest absolute Gasteiger partial charge is 0.343 e. The Bertz CT molecular complexity index is 539. The average molecular weight is 331 g/mol. The van der Waals surface area contributed by atoms with Crippen LogP contribution in [0.1, 0.15) is 31.7 Å². The SMILES string of the molecule is CC(CN)N(C)C(=O)C1CCN(C(=O)CCc2ccccc2)CC1. The van der Waals surface area contributed by atoms with Crippen LogP contribution in [0.3, 0.4) is 0 Å². The highest BCUT2D eigenvalue weighted by Crippen LogP contribution is 2.21. The number of nitrogens with zero attached hydrogens (tertiary/aromatic N) is 2. The standard InChI is InChI=1S/C19H29N3O2/c1-15(14-20)21(2)19(24)17-10-12-22(13-11-17)18(23)9-8-16-6-4-3-5-7-16/h3-7,15,17H,8-14,20H2,1-2H3. The summed E-state index contributed by atoms with van der Waals surface area (Å²) in [6.07, 6.45) is 2.80. The van der Waals surface area contributed by atoms with Crippen LogP contribution in [0.5, 0.6) is 0 Å². The molecular weight excluding hydrogens is 302 g/mol. The van der Waals surface area contributed by atoms with Crippen molar-refractivity contribution in [3.63, 3.8) is 0 Å². The third-order valence-corrected chi connectivity index (χ3v) is 5.02. The van der Waals surface area contributed by atoms with Gasteiger partial charge in [-0.1, -0.05) is 30.3 Å². The van der Waals surface area contributed by atoms with Crippen LogP contribution in [0.25, 0.3) is 0 Å². The quantitative estimate of drug-likeness (QED) is 0.862. The maximum atomic E-state index is 12.5. The van der Waals surface area contributed by atoms with E-state index in [0.29, 0.717) is 26.1 Å². The lowest BCUT2D eigenvalue weighted by molar-refractivity contribution is -0.141. The Balaban J connectivity index is 1.77. The molecule has 5 nitrogen and oxygen atoms in total. The van der Waals surface area contributed by atoms with Crippen LogP contribution in [0.2, 0.25) is 0 Å². The van der Waals surface area contributed by atoms with E-state index in [0.717, 1.165) is 19.3 Å². The van der Waals surface area contributed by atoms with Crippen molar-refractivity contribution in [3.8, 4) is 0 Å². The first kappa shape index (κ1) is 18.5. The van der Waals surface area contributed by atoms with Crippen LogP contribution < -0.4 is 5.73 Å². The molecule has 1 aliphatic rings. The van der Waals surface area contributed by atoms with Crippen molar-refractivity contribution in [2.45, 2.75) is 38.6 Å². The molecule has 2 N–H and O–H groups in total. The fraction of sp³-hybridized carbons (Fsp3) is 0.579. The highest BCUT2D eigenvalue weighted by atomic mass is 16.2.